The first-order chi connectivity index (χ1) is 13.3. The minimum absolute atomic E-state index is 0.125. The number of amides is 1. The molecule has 0 aliphatic carbocycles. The quantitative estimate of drug-likeness (QED) is 0.541. The fourth-order valence-electron chi connectivity index (χ4n) is 2.99. The molecule has 148 valence electrons. The molecule has 2 atom stereocenters. The summed E-state index contributed by atoms with van der Waals surface area (Å²) in [6.07, 6.45) is 2.50. The molecule has 0 radical (unpaired) electrons. The lowest BCUT2D eigenvalue weighted by Gasteiger charge is -2.17. The maximum absolute atomic E-state index is 12.8. The number of rotatable bonds is 6. The van der Waals surface area contributed by atoms with Gasteiger partial charge in [-0.3, -0.25) is 4.79 Å². The van der Waals surface area contributed by atoms with Crippen LogP contribution in [0.1, 0.15) is 16.1 Å². The molecule has 2 N–H and O–H groups in total. The van der Waals surface area contributed by atoms with Gasteiger partial charge in [0.2, 0.25) is 10.0 Å². The summed E-state index contributed by atoms with van der Waals surface area (Å²) in [6.45, 7) is 0.518. The van der Waals surface area contributed by atoms with Crippen molar-refractivity contribution in [3.05, 3.63) is 49.5 Å². The number of thiophene rings is 1. The second kappa shape index (κ2) is 8.92. The van der Waals surface area contributed by atoms with Gasteiger partial charge in [-0.05, 0) is 52.0 Å². The van der Waals surface area contributed by atoms with Crippen LogP contribution in [0, 0.1) is 11.5 Å². The number of carbonyl (C=O) groups is 1. The first kappa shape index (κ1) is 21.3. The number of nitrogens with zero attached hydrogens (tertiary/aromatic N) is 2. The van der Waals surface area contributed by atoms with E-state index in [1.54, 1.807) is 24.3 Å². The number of nitriles is 1. The summed E-state index contributed by atoms with van der Waals surface area (Å²) in [6, 6.07) is 7.72. The van der Waals surface area contributed by atoms with Gasteiger partial charge < -0.3 is 10.2 Å². The van der Waals surface area contributed by atoms with Crippen molar-refractivity contribution in [1.82, 2.24) is 14.9 Å². The molecule has 28 heavy (non-hydrogen) atoms. The minimum atomic E-state index is -3.77. The van der Waals surface area contributed by atoms with E-state index in [9.17, 15) is 18.5 Å². The summed E-state index contributed by atoms with van der Waals surface area (Å²) >= 11 is 7.88. The number of hydrogen-bond acceptors (Lipinski definition) is 6. The summed E-state index contributed by atoms with van der Waals surface area (Å²) in [4.78, 5) is 14.3. The number of likely N-dealkylation sites (tertiary alicyclic amines) is 1. The number of hydrogen-bond donors (Lipinski definition) is 2. The molecule has 0 spiro atoms. The van der Waals surface area contributed by atoms with E-state index in [4.69, 9.17) is 0 Å². The highest BCUT2D eigenvalue weighted by molar-refractivity contribution is 9.11. The Hall–Kier alpha value is -1.45. The first-order valence-corrected chi connectivity index (χ1v) is 12.2. The molecule has 0 unspecified atom stereocenters. The normalized spacial score (nSPS) is 19.4. The lowest BCUT2D eigenvalue weighted by atomic mass is 10.2. The number of nitrogens with one attached hydrogen (secondary N) is 2. The summed E-state index contributed by atoms with van der Waals surface area (Å²) in [5.41, 5.74) is 0. The van der Waals surface area contributed by atoms with Crippen LogP contribution < -0.4 is 10.0 Å². The molecule has 2 heterocycles. The summed E-state index contributed by atoms with van der Waals surface area (Å²) in [7, 11) is -3.77. The largest absolute Gasteiger partial charge is 0.349 e. The van der Waals surface area contributed by atoms with Crippen LogP contribution in [-0.2, 0) is 10.0 Å². The second-order valence-corrected chi connectivity index (χ2v) is 10.6. The van der Waals surface area contributed by atoms with Crippen LogP contribution >= 0.6 is 43.2 Å². The Morgan fingerprint density at radius 3 is 2.82 bits per heavy atom. The van der Waals surface area contributed by atoms with Gasteiger partial charge >= 0.3 is 0 Å². The van der Waals surface area contributed by atoms with E-state index < -0.39 is 16.1 Å². The molecule has 2 aromatic rings. The Labute approximate surface area is 184 Å². The molecule has 1 aromatic carbocycles. The minimum Gasteiger partial charge on any atom is -0.349 e. The molecular weight excluding hydrogens is 532 g/mol. The van der Waals surface area contributed by atoms with Crippen molar-refractivity contribution in [3.63, 3.8) is 0 Å². The average Bonchev–Trinajstić information content (AvgIpc) is 3.31. The predicted molar refractivity (Wildman–Crippen MR) is 113 cm³/mol. The Morgan fingerprint density at radius 2 is 2.14 bits per heavy atom. The molecule has 1 amide bonds. The van der Waals surface area contributed by atoms with E-state index in [1.165, 1.54) is 22.3 Å². The van der Waals surface area contributed by atoms with Gasteiger partial charge in [-0.1, -0.05) is 22.0 Å². The van der Waals surface area contributed by atoms with Crippen molar-refractivity contribution < 1.29 is 13.2 Å². The molecule has 1 aromatic heterocycles. The van der Waals surface area contributed by atoms with Crippen LogP contribution in [0.25, 0.3) is 0 Å². The van der Waals surface area contributed by atoms with Crippen LogP contribution in [0.4, 0.5) is 0 Å². The van der Waals surface area contributed by atoms with Crippen molar-refractivity contribution in [1.29, 1.82) is 5.26 Å². The standard InChI is InChI=1S/C17H16Br2N4O3S2/c18-11-3-4-14(19)16(6-11)28(25,26)22-12-7-13(23(9-12)10-20)8-21-17(24)15-2-1-5-27-15/h1-6,12-13,22H,7-9H2,(H,21,24)/t12-,13-/m1/s1. The van der Waals surface area contributed by atoms with Gasteiger partial charge in [-0.25, -0.2) is 13.1 Å². The van der Waals surface area contributed by atoms with Crippen molar-refractivity contribution in [2.75, 3.05) is 13.1 Å². The van der Waals surface area contributed by atoms with Crippen LogP contribution in [0.5, 0.6) is 0 Å². The Balaban J connectivity index is 1.65. The molecule has 11 heteroatoms. The monoisotopic (exact) mass is 546 g/mol. The van der Waals surface area contributed by atoms with E-state index in [-0.39, 0.29) is 29.9 Å². The van der Waals surface area contributed by atoms with Crippen LogP contribution in [-0.4, -0.2) is 44.4 Å². The molecule has 1 saturated heterocycles. The Bertz CT molecular complexity index is 1010. The van der Waals surface area contributed by atoms with E-state index >= 15 is 0 Å². The lowest BCUT2D eigenvalue weighted by Crippen LogP contribution is -2.37. The molecule has 0 bridgehead atoms. The third-order valence-electron chi connectivity index (χ3n) is 4.29. The lowest BCUT2D eigenvalue weighted by molar-refractivity contribution is 0.0949. The highest BCUT2D eigenvalue weighted by atomic mass is 79.9. The van der Waals surface area contributed by atoms with Gasteiger partial charge in [0.1, 0.15) is 0 Å². The van der Waals surface area contributed by atoms with Gasteiger partial charge in [0, 0.05) is 28.1 Å². The maximum atomic E-state index is 12.8. The van der Waals surface area contributed by atoms with Gasteiger partial charge in [0.25, 0.3) is 5.91 Å². The fourth-order valence-corrected chi connectivity index (χ4v) is 6.37. The molecule has 7 nitrogen and oxygen atoms in total. The van der Waals surface area contributed by atoms with Gasteiger partial charge in [0.05, 0.1) is 15.8 Å². The zero-order valence-corrected chi connectivity index (χ0v) is 19.2. The molecule has 3 rings (SSSR count). The number of halogens is 2. The first-order valence-electron chi connectivity index (χ1n) is 8.25. The van der Waals surface area contributed by atoms with Gasteiger partial charge in [0.15, 0.2) is 6.19 Å². The second-order valence-electron chi connectivity index (χ2n) is 6.22. The van der Waals surface area contributed by atoms with Gasteiger partial charge in [-0.2, -0.15) is 5.26 Å². The highest BCUT2D eigenvalue weighted by Gasteiger charge is 2.35. The zero-order valence-electron chi connectivity index (χ0n) is 14.4. The topological polar surface area (TPSA) is 102 Å². The molecule has 1 fully saturated rings. The van der Waals surface area contributed by atoms with E-state index in [0.29, 0.717) is 20.2 Å². The predicted octanol–water partition coefficient (Wildman–Crippen LogP) is 2.91. The number of benzene rings is 1. The van der Waals surface area contributed by atoms with Crippen molar-refractivity contribution >= 4 is 59.1 Å². The molecular formula is C17H16Br2N4O3S2. The smallest absolute Gasteiger partial charge is 0.261 e. The van der Waals surface area contributed by atoms with Gasteiger partial charge in [-0.15, -0.1) is 11.3 Å². The molecule has 0 saturated carbocycles. The maximum Gasteiger partial charge on any atom is 0.261 e. The summed E-state index contributed by atoms with van der Waals surface area (Å²) < 4.78 is 29.3. The molecule has 1 aliphatic heterocycles. The van der Waals surface area contributed by atoms with Crippen LogP contribution in [0.2, 0.25) is 0 Å². The fraction of sp³-hybridized carbons (Fsp3) is 0.294. The number of sulfonamides is 1. The van der Waals surface area contributed by atoms with Crippen LogP contribution in [0.15, 0.2) is 49.6 Å². The van der Waals surface area contributed by atoms with E-state index in [1.807, 2.05) is 5.38 Å². The van der Waals surface area contributed by atoms with Crippen LogP contribution in [0.3, 0.4) is 0 Å². The van der Waals surface area contributed by atoms with Crippen molar-refractivity contribution in [2.45, 2.75) is 23.4 Å². The highest BCUT2D eigenvalue weighted by Crippen LogP contribution is 2.27. The third kappa shape index (κ3) is 4.93. The summed E-state index contributed by atoms with van der Waals surface area (Å²) in [5, 5.41) is 14.0. The van der Waals surface area contributed by atoms with E-state index in [0.717, 1.165) is 0 Å². The third-order valence-corrected chi connectivity index (χ3v) is 8.17. The Morgan fingerprint density at radius 1 is 1.36 bits per heavy atom. The van der Waals surface area contributed by atoms with Crippen molar-refractivity contribution in [3.8, 4) is 6.19 Å². The molecule has 1 aliphatic rings. The summed E-state index contributed by atoms with van der Waals surface area (Å²) in [5.74, 6) is -0.199. The average molecular weight is 548 g/mol. The number of carbonyl (C=O) groups excluding carboxylic acids is 1. The van der Waals surface area contributed by atoms with E-state index in [2.05, 4.69) is 48.1 Å². The SMILES string of the molecule is N#CN1C[C@H](NS(=O)(=O)c2cc(Br)ccc2Br)C[C@@H]1CNC(=O)c1cccs1. The van der Waals surface area contributed by atoms with Crippen molar-refractivity contribution in [2.24, 2.45) is 0 Å². The zero-order chi connectivity index (χ0) is 20.3. The Kier molecular flexibility index (Phi) is 6.77.